The zero-order valence-corrected chi connectivity index (χ0v) is 9.07. The lowest BCUT2D eigenvalue weighted by atomic mass is 10.2. The number of hydrogen-bond donors (Lipinski definition) is 1. The minimum Gasteiger partial charge on any atom is -0.362 e. The molecule has 2 aliphatic rings. The molecule has 3 heteroatoms. The van der Waals surface area contributed by atoms with Crippen LogP contribution in [0.3, 0.4) is 0 Å². The van der Waals surface area contributed by atoms with Gasteiger partial charge in [0, 0.05) is 18.3 Å². The molecule has 0 radical (unpaired) electrons. The van der Waals surface area contributed by atoms with Crippen LogP contribution in [0.15, 0.2) is 4.99 Å². The van der Waals surface area contributed by atoms with E-state index in [0.717, 1.165) is 18.5 Å². The maximum absolute atomic E-state index is 4.47. The molecule has 2 unspecified atom stereocenters. The van der Waals surface area contributed by atoms with Gasteiger partial charge < -0.3 is 5.32 Å². The molecule has 13 heavy (non-hydrogen) atoms. The molecule has 1 heterocycles. The van der Waals surface area contributed by atoms with E-state index < -0.39 is 0 Å². The molecule has 0 aromatic heterocycles. The van der Waals surface area contributed by atoms with E-state index in [1.54, 1.807) is 0 Å². The van der Waals surface area contributed by atoms with E-state index in [1.165, 1.54) is 36.6 Å². The van der Waals surface area contributed by atoms with E-state index in [1.807, 2.05) is 11.8 Å². The Kier molecular flexibility index (Phi) is 3.14. The Bertz CT molecular complexity index is 203. The molecule has 0 aromatic carbocycles. The van der Waals surface area contributed by atoms with Crippen LogP contribution in [-0.4, -0.2) is 23.5 Å². The van der Waals surface area contributed by atoms with E-state index in [-0.39, 0.29) is 0 Å². The maximum Gasteiger partial charge on any atom is 0.156 e. The lowest BCUT2D eigenvalue weighted by molar-refractivity contribution is 0.664. The first-order chi connectivity index (χ1) is 6.40. The second kappa shape index (κ2) is 4.36. The Labute approximate surface area is 84.6 Å². The smallest absolute Gasteiger partial charge is 0.156 e. The summed E-state index contributed by atoms with van der Waals surface area (Å²) in [4.78, 5) is 4.47. The van der Waals surface area contributed by atoms with Crippen molar-refractivity contribution in [3.8, 4) is 0 Å². The van der Waals surface area contributed by atoms with Gasteiger partial charge in [-0.3, -0.25) is 4.99 Å². The van der Waals surface area contributed by atoms with Crippen LogP contribution in [0, 0.1) is 5.92 Å². The highest BCUT2D eigenvalue weighted by Gasteiger charge is 2.36. The van der Waals surface area contributed by atoms with Gasteiger partial charge in [-0.2, -0.15) is 0 Å². The minimum atomic E-state index is 0.754. The Morgan fingerprint density at radius 3 is 3.23 bits per heavy atom. The van der Waals surface area contributed by atoms with Crippen molar-refractivity contribution < 1.29 is 0 Å². The van der Waals surface area contributed by atoms with Gasteiger partial charge in [0.05, 0.1) is 0 Å². The third-order valence-electron chi connectivity index (χ3n) is 2.69. The highest BCUT2D eigenvalue weighted by Crippen LogP contribution is 2.35. The molecule has 0 bridgehead atoms. The van der Waals surface area contributed by atoms with Gasteiger partial charge in [-0.15, -0.1) is 0 Å². The molecule has 2 nitrogen and oxygen atoms in total. The van der Waals surface area contributed by atoms with Crippen LogP contribution in [0.4, 0.5) is 0 Å². The summed E-state index contributed by atoms with van der Waals surface area (Å²) in [6.07, 6.45) is 5.32. The largest absolute Gasteiger partial charge is 0.362 e. The summed E-state index contributed by atoms with van der Waals surface area (Å²) in [6, 6.07) is 0.754. The average molecular weight is 198 g/mol. The van der Waals surface area contributed by atoms with Crippen molar-refractivity contribution in [2.75, 3.05) is 12.3 Å². The monoisotopic (exact) mass is 198 g/mol. The van der Waals surface area contributed by atoms with Crippen molar-refractivity contribution in [2.45, 2.75) is 38.6 Å². The van der Waals surface area contributed by atoms with Crippen molar-refractivity contribution in [3.63, 3.8) is 0 Å². The van der Waals surface area contributed by atoms with Crippen LogP contribution in [0.2, 0.25) is 0 Å². The van der Waals surface area contributed by atoms with Crippen LogP contribution in [0.1, 0.15) is 32.6 Å². The number of thioether (sulfide) groups is 1. The zero-order chi connectivity index (χ0) is 9.10. The van der Waals surface area contributed by atoms with Gasteiger partial charge in [0.15, 0.2) is 5.17 Å². The van der Waals surface area contributed by atoms with Gasteiger partial charge in [0.1, 0.15) is 0 Å². The first kappa shape index (κ1) is 9.38. The summed E-state index contributed by atoms with van der Waals surface area (Å²) < 4.78 is 0. The number of amidine groups is 1. The Hall–Kier alpha value is -0.180. The summed E-state index contributed by atoms with van der Waals surface area (Å²) in [5, 5.41) is 4.74. The molecule has 0 spiro atoms. The van der Waals surface area contributed by atoms with Gasteiger partial charge in [-0.05, 0) is 25.2 Å². The summed E-state index contributed by atoms with van der Waals surface area (Å²) in [7, 11) is 0. The first-order valence-electron chi connectivity index (χ1n) is 5.34. The maximum atomic E-state index is 4.47. The quantitative estimate of drug-likeness (QED) is 0.752. The van der Waals surface area contributed by atoms with Crippen LogP contribution in [-0.2, 0) is 0 Å². The molecular weight excluding hydrogens is 180 g/mol. The molecule has 74 valence electrons. The summed E-state index contributed by atoms with van der Waals surface area (Å²) in [5.41, 5.74) is 0. The van der Waals surface area contributed by atoms with Crippen LogP contribution < -0.4 is 5.32 Å². The SMILES string of the molecule is CCCC1CC1NC1=NCCCS1. The normalized spacial score (nSPS) is 32.5. The second-order valence-corrected chi connectivity index (χ2v) is 5.01. The van der Waals surface area contributed by atoms with Gasteiger partial charge >= 0.3 is 0 Å². The fraction of sp³-hybridized carbons (Fsp3) is 0.900. The van der Waals surface area contributed by atoms with Gasteiger partial charge in [0.25, 0.3) is 0 Å². The van der Waals surface area contributed by atoms with Crippen molar-refractivity contribution in [3.05, 3.63) is 0 Å². The van der Waals surface area contributed by atoms with E-state index in [0.29, 0.717) is 0 Å². The van der Waals surface area contributed by atoms with Crippen molar-refractivity contribution in [2.24, 2.45) is 10.9 Å². The third-order valence-corrected chi connectivity index (χ3v) is 3.70. The predicted molar refractivity (Wildman–Crippen MR) is 59.3 cm³/mol. The fourth-order valence-electron chi connectivity index (χ4n) is 1.82. The van der Waals surface area contributed by atoms with Gasteiger partial charge in [0.2, 0.25) is 0 Å². The second-order valence-electron chi connectivity index (χ2n) is 3.92. The molecule has 2 atom stereocenters. The standard InChI is InChI=1S/C10H18N2S/c1-2-4-8-7-9(8)12-10-11-5-3-6-13-10/h8-9H,2-7H2,1H3,(H,11,12). The number of hydrogen-bond acceptors (Lipinski definition) is 3. The molecule has 1 aliphatic heterocycles. The van der Waals surface area contributed by atoms with Crippen molar-refractivity contribution in [1.82, 2.24) is 5.32 Å². The average Bonchev–Trinajstić information content (AvgIpc) is 2.86. The number of rotatable bonds is 3. The lowest BCUT2D eigenvalue weighted by Crippen LogP contribution is -2.26. The molecule has 1 saturated carbocycles. The number of nitrogens with zero attached hydrogens (tertiary/aromatic N) is 1. The topological polar surface area (TPSA) is 24.4 Å². The minimum absolute atomic E-state index is 0.754. The molecule has 1 fully saturated rings. The zero-order valence-electron chi connectivity index (χ0n) is 8.25. The van der Waals surface area contributed by atoms with Crippen molar-refractivity contribution in [1.29, 1.82) is 0 Å². The summed E-state index contributed by atoms with van der Waals surface area (Å²) >= 11 is 1.89. The highest BCUT2D eigenvalue weighted by atomic mass is 32.2. The van der Waals surface area contributed by atoms with Crippen LogP contribution in [0.5, 0.6) is 0 Å². The predicted octanol–water partition coefficient (Wildman–Crippen LogP) is 2.26. The Morgan fingerprint density at radius 2 is 2.54 bits per heavy atom. The number of nitrogens with one attached hydrogen (secondary N) is 1. The van der Waals surface area contributed by atoms with E-state index in [2.05, 4.69) is 17.2 Å². The molecule has 0 amide bonds. The first-order valence-corrected chi connectivity index (χ1v) is 6.32. The summed E-state index contributed by atoms with van der Waals surface area (Å²) in [6.45, 7) is 3.29. The molecule has 1 aliphatic carbocycles. The molecule has 0 saturated heterocycles. The Morgan fingerprint density at radius 1 is 1.62 bits per heavy atom. The summed E-state index contributed by atoms with van der Waals surface area (Å²) in [5.74, 6) is 2.19. The fourth-order valence-corrected chi connectivity index (χ4v) is 2.70. The molecule has 1 N–H and O–H groups in total. The van der Waals surface area contributed by atoms with Gasteiger partial charge in [-0.1, -0.05) is 25.1 Å². The molecule has 2 rings (SSSR count). The van der Waals surface area contributed by atoms with E-state index in [4.69, 9.17) is 0 Å². The highest BCUT2D eigenvalue weighted by molar-refractivity contribution is 8.13. The van der Waals surface area contributed by atoms with Gasteiger partial charge in [-0.25, -0.2) is 0 Å². The lowest BCUT2D eigenvalue weighted by Gasteiger charge is -2.12. The Balaban J connectivity index is 1.71. The van der Waals surface area contributed by atoms with Crippen molar-refractivity contribution >= 4 is 16.9 Å². The molecule has 0 aromatic rings. The number of aliphatic imine (C=N–C) groups is 1. The molecular formula is C10H18N2S. The van der Waals surface area contributed by atoms with Crippen LogP contribution >= 0.6 is 11.8 Å². The van der Waals surface area contributed by atoms with E-state index in [9.17, 15) is 0 Å². The van der Waals surface area contributed by atoms with E-state index >= 15 is 0 Å². The van der Waals surface area contributed by atoms with Crippen LogP contribution in [0.25, 0.3) is 0 Å². The third kappa shape index (κ3) is 2.63.